The number of hydrogen-bond donors (Lipinski definition) is 1. The average molecular weight is 400 g/mol. The zero-order valence-electron chi connectivity index (χ0n) is 17.2. The first kappa shape index (κ1) is 20.0. The fourth-order valence-electron chi connectivity index (χ4n) is 5.61. The molecule has 0 amide bonds. The van der Waals surface area contributed by atoms with Crippen molar-refractivity contribution in [3.05, 3.63) is 46.6 Å². The van der Waals surface area contributed by atoms with Crippen molar-refractivity contribution >= 4 is 5.69 Å². The third-order valence-electron chi connectivity index (χ3n) is 6.88. The summed E-state index contributed by atoms with van der Waals surface area (Å²) in [6.45, 7) is 3.17. The number of rotatable bonds is 7. The van der Waals surface area contributed by atoms with Crippen LogP contribution in [-0.4, -0.2) is 28.7 Å². The zero-order chi connectivity index (χ0) is 20.3. The molecule has 0 aromatic carbocycles. The van der Waals surface area contributed by atoms with E-state index < -0.39 is 5.63 Å². The number of pyridine rings is 1. The molecular weight excluding hydrogens is 368 g/mol. The molecule has 2 fully saturated rings. The molecule has 6 heteroatoms. The quantitative estimate of drug-likeness (QED) is 0.693. The fraction of sp³-hybridized carbons (Fsp3) is 0.565. The van der Waals surface area contributed by atoms with Gasteiger partial charge in [-0.05, 0) is 64.4 Å². The second kappa shape index (κ2) is 8.57. The van der Waals surface area contributed by atoms with Crippen molar-refractivity contribution in [2.75, 3.05) is 6.54 Å². The lowest BCUT2D eigenvalue weighted by molar-refractivity contribution is 0.135. The molecule has 29 heavy (non-hydrogen) atoms. The Morgan fingerprint density at radius 2 is 1.83 bits per heavy atom. The summed E-state index contributed by atoms with van der Waals surface area (Å²) >= 11 is 0. The number of quaternary nitrogens is 1. The number of nitrogens with zero attached hydrogens (tertiary/aromatic N) is 2. The first-order valence-corrected chi connectivity index (χ1v) is 10.9. The van der Waals surface area contributed by atoms with Gasteiger partial charge in [-0.2, -0.15) is 0 Å². The van der Waals surface area contributed by atoms with Crippen LogP contribution in [0.2, 0.25) is 0 Å². The Bertz CT molecular complexity index is 852. The third kappa shape index (κ3) is 3.78. The van der Waals surface area contributed by atoms with Crippen molar-refractivity contribution in [2.24, 2.45) is 0 Å². The minimum Gasteiger partial charge on any atom is -0.502 e. The summed E-state index contributed by atoms with van der Waals surface area (Å²) in [4.78, 5) is 17.2. The summed E-state index contributed by atoms with van der Waals surface area (Å²) in [6.07, 6.45) is 12.6. The molecule has 0 bridgehead atoms. The Labute approximate surface area is 171 Å². The van der Waals surface area contributed by atoms with Crippen molar-refractivity contribution < 1.29 is 14.3 Å². The van der Waals surface area contributed by atoms with Gasteiger partial charge in [0.25, 0.3) is 11.6 Å². The molecule has 2 aliphatic rings. The zero-order valence-corrected chi connectivity index (χ0v) is 17.2. The number of aromatic hydroxyl groups is 1. The van der Waals surface area contributed by atoms with E-state index in [0.717, 1.165) is 37.8 Å². The summed E-state index contributed by atoms with van der Waals surface area (Å²) in [5.41, 5.74) is 0.834. The Morgan fingerprint density at radius 1 is 1.17 bits per heavy atom. The molecule has 6 nitrogen and oxygen atoms in total. The smallest absolute Gasteiger partial charge is 0.404 e. The van der Waals surface area contributed by atoms with Crippen LogP contribution >= 0.6 is 0 Å². The van der Waals surface area contributed by atoms with Crippen molar-refractivity contribution in [3.8, 4) is 11.7 Å². The fourth-order valence-corrected chi connectivity index (χ4v) is 5.61. The molecule has 0 saturated heterocycles. The molecule has 0 spiro atoms. The first-order valence-electron chi connectivity index (χ1n) is 10.9. The average Bonchev–Trinajstić information content (AvgIpc) is 3.45. The van der Waals surface area contributed by atoms with Gasteiger partial charge in [-0.15, -0.1) is 0 Å². The Balaban J connectivity index is 1.68. The topological polar surface area (TPSA) is 72.6 Å². The number of ether oxygens (including phenoxy) is 1. The van der Waals surface area contributed by atoms with E-state index >= 15 is 0 Å². The molecule has 2 saturated carbocycles. The molecule has 2 aromatic rings. The molecular formula is C23H31N2O4+. The van der Waals surface area contributed by atoms with Gasteiger partial charge in [0.1, 0.15) is 6.61 Å². The molecule has 2 aromatic heterocycles. The van der Waals surface area contributed by atoms with Crippen LogP contribution in [0.1, 0.15) is 63.9 Å². The van der Waals surface area contributed by atoms with Gasteiger partial charge < -0.3 is 14.3 Å². The van der Waals surface area contributed by atoms with Gasteiger partial charge in [0.15, 0.2) is 5.75 Å². The maximum Gasteiger partial charge on any atom is 0.404 e. The van der Waals surface area contributed by atoms with E-state index in [9.17, 15) is 9.90 Å². The van der Waals surface area contributed by atoms with E-state index in [2.05, 4.69) is 11.9 Å². The maximum absolute atomic E-state index is 13.2. The molecule has 1 N–H and O–H groups in total. The highest BCUT2D eigenvalue weighted by Crippen LogP contribution is 2.45. The lowest BCUT2D eigenvalue weighted by Gasteiger charge is -2.46. The van der Waals surface area contributed by atoms with Crippen LogP contribution in [0.3, 0.4) is 0 Å². The van der Waals surface area contributed by atoms with Crippen molar-refractivity contribution in [1.29, 1.82) is 0 Å². The highest BCUT2D eigenvalue weighted by atomic mass is 16.6. The van der Waals surface area contributed by atoms with Crippen LogP contribution in [0.15, 0.2) is 39.8 Å². The second-order valence-corrected chi connectivity index (χ2v) is 8.36. The normalized spacial score (nSPS) is 18.4. The first-order chi connectivity index (χ1) is 14.1. The lowest BCUT2D eigenvalue weighted by Crippen LogP contribution is -2.63. The largest absolute Gasteiger partial charge is 0.502 e. The molecule has 2 heterocycles. The maximum atomic E-state index is 13.2. The summed E-state index contributed by atoms with van der Waals surface area (Å²) in [5.74, 6) is 0.0511. The van der Waals surface area contributed by atoms with Crippen molar-refractivity contribution in [2.45, 2.75) is 77.0 Å². The lowest BCUT2D eigenvalue weighted by atomic mass is 10.0. The molecule has 0 radical (unpaired) electrons. The van der Waals surface area contributed by atoms with Crippen LogP contribution in [0.5, 0.6) is 11.7 Å². The van der Waals surface area contributed by atoms with Gasteiger partial charge in [-0.25, -0.2) is 4.79 Å². The van der Waals surface area contributed by atoms with E-state index in [1.54, 1.807) is 12.4 Å². The minimum absolute atomic E-state index is 0.00286. The van der Waals surface area contributed by atoms with Gasteiger partial charge in [0.2, 0.25) is 0 Å². The second-order valence-electron chi connectivity index (χ2n) is 8.36. The van der Waals surface area contributed by atoms with Crippen LogP contribution < -0.4 is 14.8 Å². The number of hydrogen-bond acceptors (Lipinski definition) is 5. The van der Waals surface area contributed by atoms with E-state index in [1.165, 1.54) is 31.7 Å². The van der Waals surface area contributed by atoms with Gasteiger partial charge in [0.05, 0.1) is 24.7 Å². The Kier molecular flexibility index (Phi) is 5.90. The van der Waals surface area contributed by atoms with Gasteiger partial charge in [0, 0.05) is 18.0 Å². The van der Waals surface area contributed by atoms with E-state index in [0.29, 0.717) is 22.3 Å². The Morgan fingerprint density at radius 3 is 2.34 bits per heavy atom. The van der Waals surface area contributed by atoms with Crippen molar-refractivity contribution in [3.63, 3.8) is 0 Å². The molecule has 4 rings (SSSR count). The predicted octanol–water partition coefficient (Wildman–Crippen LogP) is 4.53. The van der Waals surface area contributed by atoms with Crippen LogP contribution in [0.25, 0.3) is 0 Å². The van der Waals surface area contributed by atoms with Gasteiger partial charge in [-0.3, -0.25) is 9.47 Å². The molecule has 2 aliphatic carbocycles. The molecule has 156 valence electrons. The van der Waals surface area contributed by atoms with Gasteiger partial charge in [-0.1, -0.05) is 6.07 Å². The summed E-state index contributed by atoms with van der Waals surface area (Å²) in [5, 5.41) is 11.0. The van der Waals surface area contributed by atoms with Crippen LogP contribution in [0, 0.1) is 0 Å². The summed E-state index contributed by atoms with van der Waals surface area (Å²) in [7, 11) is 0. The van der Waals surface area contributed by atoms with Crippen molar-refractivity contribution in [1.82, 2.24) is 9.47 Å². The van der Waals surface area contributed by atoms with E-state index in [4.69, 9.17) is 9.15 Å². The summed E-state index contributed by atoms with van der Waals surface area (Å²) in [6, 6.07) is 5.93. The number of aromatic nitrogens is 1. The van der Waals surface area contributed by atoms with Crippen LogP contribution in [0.4, 0.5) is 5.69 Å². The third-order valence-corrected chi connectivity index (χ3v) is 6.88. The highest BCUT2D eigenvalue weighted by molar-refractivity contribution is 5.55. The minimum atomic E-state index is -0.466. The molecule has 0 aliphatic heterocycles. The summed E-state index contributed by atoms with van der Waals surface area (Å²) < 4.78 is 11.8. The molecule has 0 atom stereocenters. The molecule has 0 unspecified atom stereocenters. The monoisotopic (exact) mass is 399 g/mol. The highest BCUT2D eigenvalue weighted by Gasteiger charge is 2.50. The van der Waals surface area contributed by atoms with E-state index in [1.807, 2.05) is 12.1 Å². The SMILES string of the molecule is CC[N+](c1c(O)cc(OCc2cccnc2)oc1=O)(C1CCCC1)C1CCCC1. The van der Waals surface area contributed by atoms with E-state index in [-0.39, 0.29) is 18.3 Å². The predicted molar refractivity (Wildman–Crippen MR) is 112 cm³/mol. The Hall–Kier alpha value is -2.34. The van der Waals surface area contributed by atoms with Crippen LogP contribution in [-0.2, 0) is 6.61 Å². The van der Waals surface area contributed by atoms with Gasteiger partial charge >= 0.3 is 5.63 Å². The standard InChI is InChI=1S/C23H30N2O4/c1-2-25(18-9-3-4-10-18,19-11-5-6-12-19)22-20(26)14-21(29-23(22)27)28-16-17-8-7-13-24-15-17/h7-8,13-15,18-19H,2-6,9-12,16H2,1H3/p+1.